The van der Waals surface area contributed by atoms with E-state index in [-0.39, 0.29) is 24.0 Å². The zero-order valence-corrected chi connectivity index (χ0v) is 23.0. The second-order valence-electron chi connectivity index (χ2n) is 9.14. The van der Waals surface area contributed by atoms with Crippen LogP contribution in [0.1, 0.15) is 13.8 Å². The van der Waals surface area contributed by atoms with Crippen molar-refractivity contribution >= 4 is 38.3 Å². The molecular formula is C27H30FN5O6S. The van der Waals surface area contributed by atoms with Gasteiger partial charge in [-0.1, -0.05) is 18.2 Å². The maximum Gasteiger partial charge on any atom is 0.323 e. The molecule has 0 fully saturated rings. The first-order valence-corrected chi connectivity index (χ1v) is 13.7. The highest BCUT2D eigenvalue weighted by molar-refractivity contribution is 7.89. The van der Waals surface area contributed by atoms with Gasteiger partial charge in [0, 0.05) is 43.8 Å². The van der Waals surface area contributed by atoms with Crippen molar-refractivity contribution < 1.29 is 31.8 Å². The normalized spacial score (nSPS) is 11.9. The van der Waals surface area contributed by atoms with Gasteiger partial charge in [0.25, 0.3) is 0 Å². The van der Waals surface area contributed by atoms with E-state index in [1.807, 2.05) is 0 Å². The summed E-state index contributed by atoms with van der Waals surface area (Å²) < 4.78 is 57.3. The maximum absolute atomic E-state index is 13.8. The van der Waals surface area contributed by atoms with Crippen LogP contribution in [0.5, 0.6) is 5.75 Å². The molecule has 2 amide bonds. The number of anilines is 2. The van der Waals surface area contributed by atoms with E-state index in [0.29, 0.717) is 34.6 Å². The predicted octanol–water partition coefficient (Wildman–Crippen LogP) is 4.86. The summed E-state index contributed by atoms with van der Waals surface area (Å²) in [6.45, 7) is 2.97. The Morgan fingerprint density at radius 1 is 1.02 bits per heavy atom. The average Bonchev–Trinajstić information content (AvgIpc) is 3.37. The lowest BCUT2D eigenvalue weighted by molar-refractivity contribution is -0.0256. The van der Waals surface area contributed by atoms with Crippen molar-refractivity contribution in [1.29, 1.82) is 0 Å². The van der Waals surface area contributed by atoms with Gasteiger partial charge in [0.2, 0.25) is 15.9 Å². The Morgan fingerprint density at radius 2 is 1.77 bits per heavy atom. The summed E-state index contributed by atoms with van der Waals surface area (Å²) in [6.07, 6.45) is 1.61. The molecule has 4 rings (SSSR count). The van der Waals surface area contributed by atoms with Gasteiger partial charge in [-0.2, -0.15) is 14.2 Å². The monoisotopic (exact) mass is 571 g/mol. The number of hydrogen-bond acceptors (Lipinski definition) is 7. The summed E-state index contributed by atoms with van der Waals surface area (Å²) in [5.74, 6) is -1.58. The van der Waals surface area contributed by atoms with Crippen molar-refractivity contribution in [3.05, 3.63) is 66.9 Å². The van der Waals surface area contributed by atoms with Crippen LogP contribution in [0.4, 0.5) is 20.6 Å². The Bertz CT molecular complexity index is 1570. The Morgan fingerprint density at radius 3 is 2.50 bits per heavy atom. The third-order valence-corrected chi connectivity index (χ3v) is 6.89. The number of nitrogens with zero attached hydrogens (tertiary/aromatic N) is 1. The lowest BCUT2D eigenvalue weighted by Gasteiger charge is -2.17. The van der Waals surface area contributed by atoms with Crippen molar-refractivity contribution in [2.24, 2.45) is 0 Å². The van der Waals surface area contributed by atoms with Crippen molar-refractivity contribution in [1.82, 2.24) is 14.9 Å². The topological polar surface area (TPSA) is 144 Å². The number of aromatic nitrogens is 2. The molecule has 1 heterocycles. The van der Waals surface area contributed by atoms with Crippen molar-refractivity contribution in [2.45, 2.75) is 24.6 Å². The fraction of sp³-hybridized carbons (Fsp3) is 0.259. The van der Waals surface area contributed by atoms with E-state index >= 15 is 0 Å². The quantitative estimate of drug-likeness (QED) is 0.140. The molecule has 13 heteroatoms. The highest BCUT2D eigenvalue weighted by Crippen LogP contribution is 2.31. The lowest BCUT2D eigenvalue weighted by atomic mass is 10.0. The Hall–Kier alpha value is -4.04. The summed E-state index contributed by atoms with van der Waals surface area (Å²) in [5.41, 5.74) is 2.82. The van der Waals surface area contributed by atoms with Gasteiger partial charge in [-0.15, -0.1) is 0 Å². The second-order valence-corrected chi connectivity index (χ2v) is 10.9. The molecule has 3 aromatic carbocycles. The fourth-order valence-corrected chi connectivity index (χ4v) is 4.73. The zero-order chi connectivity index (χ0) is 28.8. The lowest BCUT2D eigenvalue weighted by Crippen LogP contribution is -2.27. The molecule has 0 aliphatic rings. The standard InChI is InChI=1S/C27H30FN5O6S/c1-27(2,28)39-21-6-4-5-20(13-21)32-26(34)31-19-9-7-18(8-10-19)23-14-22(15-25-24(23)16-29-33-25)40(35,36)30-17-38-12-11-37-3/h4-10,13-16,30H,11-12,17H2,1-3H3,(H,29,33)(H2,31,32,34). The molecule has 0 bridgehead atoms. The molecule has 0 spiro atoms. The van der Waals surface area contributed by atoms with Crippen LogP contribution in [0, 0.1) is 0 Å². The number of urea groups is 1. The van der Waals surface area contributed by atoms with Crippen LogP contribution in [-0.2, 0) is 19.5 Å². The number of aromatic amines is 1. The number of rotatable bonds is 12. The molecule has 0 atom stereocenters. The highest BCUT2D eigenvalue weighted by atomic mass is 32.2. The van der Waals surface area contributed by atoms with E-state index in [1.165, 1.54) is 33.1 Å². The summed E-state index contributed by atoms with van der Waals surface area (Å²) >= 11 is 0. The minimum Gasteiger partial charge on any atom is -0.458 e. The molecule has 40 heavy (non-hydrogen) atoms. The number of methoxy groups -OCH3 is 1. The van der Waals surface area contributed by atoms with E-state index < -0.39 is 21.9 Å². The van der Waals surface area contributed by atoms with E-state index in [2.05, 4.69) is 25.6 Å². The van der Waals surface area contributed by atoms with Gasteiger partial charge in [0.1, 0.15) is 12.5 Å². The minimum atomic E-state index is -3.87. The number of sulfonamides is 1. The number of alkyl halides is 1. The molecule has 4 N–H and O–H groups in total. The first-order chi connectivity index (χ1) is 19.0. The number of nitrogens with one attached hydrogen (secondary N) is 4. The number of benzene rings is 3. The third-order valence-electron chi connectivity index (χ3n) is 5.53. The van der Waals surface area contributed by atoms with Gasteiger partial charge >= 0.3 is 6.03 Å². The first kappa shape index (κ1) is 29.0. The number of amides is 2. The Labute approximate surface area is 231 Å². The molecule has 0 aliphatic heterocycles. The Balaban J connectivity index is 1.47. The van der Waals surface area contributed by atoms with Crippen LogP contribution in [-0.4, -0.2) is 57.6 Å². The van der Waals surface area contributed by atoms with E-state index in [9.17, 15) is 17.6 Å². The predicted molar refractivity (Wildman–Crippen MR) is 149 cm³/mol. The summed E-state index contributed by atoms with van der Waals surface area (Å²) in [7, 11) is -2.35. The average molecular weight is 572 g/mol. The van der Waals surface area contributed by atoms with Gasteiger partial charge < -0.3 is 24.8 Å². The molecule has 0 aliphatic carbocycles. The number of fused-ring (bicyclic) bond motifs is 1. The van der Waals surface area contributed by atoms with Crippen LogP contribution in [0.2, 0.25) is 0 Å². The number of carbonyl (C=O) groups excluding carboxylic acids is 1. The van der Waals surface area contributed by atoms with E-state index in [0.717, 1.165) is 5.39 Å². The minimum absolute atomic E-state index is 0.0403. The smallest absolute Gasteiger partial charge is 0.323 e. The van der Waals surface area contributed by atoms with Crippen molar-refractivity contribution in [3.8, 4) is 16.9 Å². The van der Waals surface area contributed by atoms with Crippen LogP contribution >= 0.6 is 0 Å². The fourth-order valence-electron chi connectivity index (χ4n) is 3.78. The first-order valence-electron chi connectivity index (χ1n) is 12.2. The number of carbonyl (C=O) groups is 1. The molecule has 4 aromatic rings. The molecule has 11 nitrogen and oxygen atoms in total. The highest BCUT2D eigenvalue weighted by Gasteiger charge is 2.19. The van der Waals surface area contributed by atoms with Crippen molar-refractivity contribution in [2.75, 3.05) is 37.7 Å². The van der Waals surface area contributed by atoms with E-state index in [1.54, 1.807) is 54.7 Å². The zero-order valence-electron chi connectivity index (χ0n) is 22.2. The van der Waals surface area contributed by atoms with Gasteiger partial charge in [0.05, 0.1) is 29.8 Å². The number of hydrogen-bond donors (Lipinski definition) is 4. The number of halogens is 1. The number of ether oxygens (including phenoxy) is 3. The SMILES string of the molecule is COCCOCNS(=O)(=O)c1cc(-c2ccc(NC(=O)Nc3cccc(OC(C)(C)F)c3)cc2)c2cn[nH]c2c1. The molecule has 212 valence electrons. The molecule has 0 unspecified atom stereocenters. The van der Waals surface area contributed by atoms with Gasteiger partial charge in [-0.3, -0.25) is 5.10 Å². The molecule has 1 aromatic heterocycles. The van der Waals surface area contributed by atoms with Crippen molar-refractivity contribution in [3.63, 3.8) is 0 Å². The summed E-state index contributed by atoms with van der Waals surface area (Å²) in [4.78, 5) is 12.6. The van der Waals surface area contributed by atoms with Crippen LogP contribution in [0.3, 0.4) is 0 Å². The molecule has 0 saturated heterocycles. The van der Waals surface area contributed by atoms with Crippen LogP contribution in [0.25, 0.3) is 22.0 Å². The molecule has 0 radical (unpaired) electrons. The van der Waals surface area contributed by atoms with Crippen LogP contribution < -0.4 is 20.1 Å². The van der Waals surface area contributed by atoms with Crippen LogP contribution in [0.15, 0.2) is 71.8 Å². The maximum atomic E-state index is 13.8. The van der Waals surface area contributed by atoms with Gasteiger partial charge in [-0.05, 0) is 47.5 Å². The Kier molecular flexibility index (Phi) is 9.00. The van der Waals surface area contributed by atoms with Gasteiger partial charge in [0.15, 0.2) is 0 Å². The third kappa shape index (κ3) is 7.76. The number of H-pyrrole nitrogens is 1. The molecule has 0 saturated carbocycles. The second kappa shape index (κ2) is 12.4. The molecular weight excluding hydrogens is 541 g/mol. The van der Waals surface area contributed by atoms with Gasteiger partial charge in [-0.25, -0.2) is 13.2 Å². The largest absolute Gasteiger partial charge is 0.458 e. The van der Waals surface area contributed by atoms with E-state index in [4.69, 9.17) is 14.2 Å². The summed E-state index contributed by atoms with van der Waals surface area (Å²) in [6, 6.07) is 15.8. The summed E-state index contributed by atoms with van der Waals surface area (Å²) in [5, 5.41) is 13.0.